The minimum Gasteiger partial charge on any atom is -0.341 e. The van der Waals surface area contributed by atoms with Gasteiger partial charge in [0.15, 0.2) is 0 Å². The van der Waals surface area contributed by atoms with Crippen LogP contribution in [0.2, 0.25) is 0 Å². The second-order valence-corrected chi connectivity index (χ2v) is 10.1. The van der Waals surface area contributed by atoms with Crippen LogP contribution in [0.1, 0.15) is 50.1 Å². The molecule has 0 spiro atoms. The Morgan fingerprint density at radius 3 is 2.47 bits per heavy atom. The van der Waals surface area contributed by atoms with Crippen molar-refractivity contribution in [3.63, 3.8) is 0 Å². The number of nitrogens with zero attached hydrogens (tertiary/aromatic N) is 2. The molecule has 1 amide bonds. The lowest BCUT2D eigenvalue weighted by molar-refractivity contribution is -0.139. The number of pyridine rings is 1. The first-order valence-corrected chi connectivity index (χ1v) is 12.5. The van der Waals surface area contributed by atoms with Gasteiger partial charge in [-0.15, -0.1) is 11.8 Å². The van der Waals surface area contributed by atoms with E-state index in [0.29, 0.717) is 11.8 Å². The Balaban J connectivity index is 1.40. The van der Waals surface area contributed by atoms with Gasteiger partial charge in [-0.25, -0.2) is 0 Å². The van der Waals surface area contributed by atoms with Gasteiger partial charge < -0.3 is 9.47 Å². The topological polar surface area (TPSA) is 42.3 Å². The van der Waals surface area contributed by atoms with E-state index in [1.807, 2.05) is 22.8 Å². The summed E-state index contributed by atoms with van der Waals surface area (Å²) in [6.07, 6.45) is 8.91. The lowest BCUT2D eigenvalue weighted by atomic mass is 9.81. The Bertz CT molecular complexity index is 991. The van der Waals surface area contributed by atoms with E-state index in [0.717, 1.165) is 55.7 Å². The Kier molecular flexibility index (Phi) is 5.48. The lowest BCUT2D eigenvalue weighted by Gasteiger charge is -2.44. The highest BCUT2D eigenvalue weighted by Gasteiger charge is 2.38. The summed E-state index contributed by atoms with van der Waals surface area (Å²) in [4.78, 5) is 29.8. The monoisotopic (exact) mass is 422 g/mol. The van der Waals surface area contributed by atoms with Crippen molar-refractivity contribution in [3.05, 3.63) is 52.4 Å². The molecule has 5 heteroatoms. The molecule has 2 aromatic rings. The predicted octanol–water partition coefficient (Wildman–Crippen LogP) is 4.76. The van der Waals surface area contributed by atoms with Crippen LogP contribution in [-0.2, 0) is 11.3 Å². The van der Waals surface area contributed by atoms with Gasteiger partial charge in [-0.2, -0.15) is 0 Å². The van der Waals surface area contributed by atoms with Gasteiger partial charge in [0.05, 0.1) is 0 Å². The summed E-state index contributed by atoms with van der Waals surface area (Å²) < 4.78 is 2.00. The van der Waals surface area contributed by atoms with Crippen LogP contribution >= 0.6 is 11.8 Å². The van der Waals surface area contributed by atoms with E-state index in [-0.39, 0.29) is 17.4 Å². The predicted molar refractivity (Wildman–Crippen MR) is 122 cm³/mol. The third-order valence-corrected chi connectivity index (χ3v) is 8.01. The van der Waals surface area contributed by atoms with Gasteiger partial charge in [0, 0.05) is 47.6 Å². The van der Waals surface area contributed by atoms with E-state index >= 15 is 0 Å². The van der Waals surface area contributed by atoms with Crippen molar-refractivity contribution in [3.8, 4) is 11.1 Å². The van der Waals surface area contributed by atoms with Crippen molar-refractivity contribution in [2.45, 2.75) is 55.9 Å². The average molecular weight is 423 g/mol. The molecule has 0 radical (unpaired) electrons. The van der Waals surface area contributed by atoms with Crippen LogP contribution in [0.25, 0.3) is 11.1 Å². The number of fused-ring (bicyclic) bond motifs is 4. The highest BCUT2D eigenvalue weighted by atomic mass is 32.2. The van der Waals surface area contributed by atoms with Crippen molar-refractivity contribution in [1.82, 2.24) is 9.47 Å². The maximum atomic E-state index is 13.3. The number of thioether (sulfide) groups is 1. The summed E-state index contributed by atoms with van der Waals surface area (Å²) in [7, 11) is 0. The minimum absolute atomic E-state index is 0.117. The molecule has 0 N–H and O–H groups in total. The Morgan fingerprint density at radius 2 is 1.73 bits per heavy atom. The largest absolute Gasteiger partial charge is 0.341 e. The highest BCUT2D eigenvalue weighted by molar-refractivity contribution is 7.98. The maximum Gasteiger partial charge on any atom is 0.258 e. The Labute approximate surface area is 182 Å². The quantitative estimate of drug-likeness (QED) is 0.670. The van der Waals surface area contributed by atoms with Crippen molar-refractivity contribution < 1.29 is 4.79 Å². The average Bonchev–Trinajstić information content (AvgIpc) is 2.80. The summed E-state index contributed by atoms with van der Waals surface area (Å²) in [6.45, 7) is 2.31. The molecule has 1 aromatic heterocycles. The zero-order valence-electron chi connectivity index (χ0n) is 17.7. The van der Waals surface area contributed by atoms with E-state index in [1.165, 1.54) is 24.2 Å². The number of aromatic nitrogens is 1. The molecular formula is C25H30N2O2S. The van der Waals surface area contributed by atoms with Crippen LogP contribution in [0, 0.1) is 11.8 Å². The van der Waals surface area contributed by atoms with Crippen molar-refractivity contribution >= 4 is 17.7 Å². The zero-order chi connectivity index (χ0) is 20.7. The number of benzene rings is 1. The van der Waals surface area contributed by atoms with Gasteiger partial charge in [-0.3, -0.25) is 9.59 Å². The standard InChI is InChI=1S/C25H30N2O2S/c1-30-21-9-7-18(8-10-21)22-11-12-23-20-13-17(15-27(23)25(22)29)14-26(16-20)24(28)19-5-3-2-4-6-19/h7-12,17,19-20H,2-6,13-16H2,1H3/t17-,20+/m0/s1. The number of carbonyl (C=O) groups excluding carboxylic acids is 1. The summed E-state index contributed by atoms with van der Waals surface area (Å²) in [6, 6.07) is 12.4. The van der Waals surface area contributed by atoms with Gasteiger partial charge in [0.25, 0.3) is 5.56 Å². The first kappa shape index (κ1) is 19.9. The molecule has 5 rings (SSSR count). The van der Waals surface area contributed by atoms with E-state index in [1.54, 1.807) is 11.8 Å². The van der Waals surface area contributed by atoms with Gasteiger partial charge in [-0.1, -0.05) is 31.4 Å². The van der Waals surface area contributed by atoms with Gasteiger partial charge >= 0.3 is 0 Å². The van der Waals surface area contributed by atoms with Crippen LogP contribution in [0.4, 0.5) is 0 Å². The molecule has 4 nitrogen and oxygen atoms in total. The molecule has 1 aromatic carbocycles. The molecule has 2 aliphatic heterocycles. The number of carbonyl (C=O) groups is 1. The molecule has 2 bridgehead atoms. The van der Waals surface area contributed by atoms with E-state index in [9.17, 15) is 9.59 Å². The fourth-order valence-electron chi connectivity index (χ4n) is 5.72. The highest BCUT2D eigenvalue weighted by Crippen LogP contribution is 2.37. The van der Waals surface area contributed by atoms with Crippen molar-refractivity contribution in [2.75, 3.05) is 19.3 Å². The molecule has 1 saturated heterocycles. The molecule has 3 heterocycles. The van der Waals surface area contributed by atoms with E-state index < -0.39 is 0 Å². The van der Waals surface area contributed by atoms with E-state index in [2.05, 4.69) is 29.4 Å². The molecule has 2 atom stereocenters. The number of hydrogen-bond donors (Lipinski definition) is 0. The SMILES string of the molecule is CSc1ccc(-c2ccc3n(c2=O)C[C@H]2C[C@@H]3CN(C(=O)C3CCCCC3)C2)cc1. The maximum absolute atomic E-state index is 13.3. The third-order valence-electron chi connectivity index (χ3n) is 7.27. The number of likely N-dealkylation sites (tertiary alicyclic amines) is 1. The Hall–Kier alpha value is -2.01. The number of amides is 1. The lowest BCUT2D eigenvalue weighted by Crippen LogP contribution is -2.50. The molecule has 0 unspecified atom stereocenters. The first-order chi connectivity index (χ1) is 14.6. The fourth-order valence-corrected chi connectivity index (χ4v) is 6.13. The van der Waals surface area contributed by atoms with Crippen molar-refractivity contribution in [1.29, 1.82) is 0 Å². The van der Waals surface area contributed by atoms with Crippen LogP contribution in [0.3, 0.4) is 0 Å². The summed E-state index contributed by atoms with van der Waals surface area (Å²) in [5.74, 6) is 1.26. The van der Waals surface area contributed by atoms with Crippen molar-refractivity contribution in [2.24, 2.45) is 11.8 Å². The number of piperidine rings is 1. The minimum atomic E-state index is 0.117. The third kappa shape index (κ3) is 3.62. The number of rotatable bonds is 3. The summed E-state index contributed by atoms with van der Waals surface area (Å²) in [5, 5.41) is 0. The Morgan fingerprint density at radius 1 is 0.967 bits per heavy atom. The van der Waals surface area contributed by atoms with Crippen LogP contribution < -0.4 is 5.56 Å². The summed E-state index contributed by atoms with van der Waals surface area (Å²) in [5.41, 5.74) is 2.99. The second kappa shape index (κ2) is 8.26. The molecule has 3 aliphatic rings. The second-order valence-electron chi connectivity index (χ2n) is 9.19. The fraction of sp³-hybridized carbons (Fsp3) is 0.520. The summed E-state index contributed by atoms with van der Waals surface area (Å²) >= 11 is 1.71. The number of hydrogen-bond acceptors (Lipinski definition) is 3. The molecule has 30 heavy (non-hydrogen) atoms. The first-order valence-electron chi connectivity index (χ1n) is 11.3. The molecule has 158 valence electrons. The van der Waals surface area contributed by atoms with Gasteiger partial charge in [-0.05, 0) is 61.3 Å². The molecular weight excluding hydrogens is 392 g/mol. The zero-order valence-corrected chi connectivity index (χ0v) is 18.5. The molecule has 1 saturated carbocycles. The normalized spacial score (nSPS) is 23.8. The van der Waals surface area contributed by atoms with Gasteiger partial charge in [0.2, 0.25) is 5.91 Å². The van der Waals surface area contributed by atoms with Gasteiger partial charge in [0.1, 0.15) is 0 Å². The smallest absolute Gasteiger partial charge is 0.258 e. The van der Waals surface area contributed by atoms with Crippen LogP contribution in [0.5, 0.6) is 0 Å². The van der Waals surface area contributed by atoms with Crippen LogP contribution in [0.15, 0.2) is 46.1 Å². The van der Waals surface area contributed by atoms with E-state index in [4.69, 9.17) is 0 Å². The molecule has 1 aliphatic carbocycles. The van der Waals surface area contributed by atoms with Crippen LogP contribution in [-0.4, -0.2) is 34.7 Å². The molecule has 2 fully saturated rings.